The molecule has 2 fully saturated rings. The van der Waals surface area contributed by atoms with Crippen LogP contribution in [0.25, 0.3) is 0 Å². The molecule has 1 aliphatic heterocycles. The summed E-state index contributed by atoms with van der Waals surface area (Å²) < 4.78 is 0. The molecule has 0 radical (unpaired) electrons. The first-order valence-electron chi connectivity index (χ1n) is 7.24. The van der Waals surface area contributed by atoms with Crippen molar-refractivity contribution in [1.29, 1.82) is 0 Å². The fraction of sp³-hybridized carbons (Fsp3) is 1.00. The van der Waals surface area contributed by atoms with Crippen LogP contribution in [0, 0.1) is 23.2 Å². The molecule has 94 valence electrons. The van der Waals surface area contributed by atoms with E-state index in [1.54, 1.807) is 0 Å². The average molecular weight is 223 g/mol. The van der Waals surface area contributed by atoms with Crippen LogP contribution in [-0.4, -0.2) is 24.5 Å². The van der Waals surface area contributed by atoms with E-state index in [-0.39, 0.29) is 0 Å². The summed E-state index contributed by atoms with van der Waals surface area (Å²) in [6.45, 7) is 14.0. The molecule has 16 heavy (non-hydrogen) atoms. The first-order valence-corrected chi connectivity index (χ1v) is 7.24. The van der Waals surface area contributed by atoms with Crippen molar-refractivity contribution in [3.63, 3.8) is 0 Å². The van der Waals surface area contributed by atoms with Gasteiger partial charge in [0.1, 0.15) is 0 Å². The molecule has 1 heterocycles. The number of nitrogens with zero attached hydrogens (tertiary/aromatic N) is 1. The van der Waals surface area contributed by atoms with Gasteiger partial charge in [-0.3, -0.25) is 0 Å². The molecule has 1 heteroatoms. The molecule has 1 saturated carbocycles. The summed E-state index contributed by atoms with van der Waals surface area (Å²) in [4.78, 5) is 2.72. The van der Waals surface area contributed by atoms with Crippen molar-refractivity contribution < 1.29 is 0 Å². The zero-order chi connectivity index (χ0) is 11.8. The molecule has 0 N–H and O–H groups in total. The van der Waals surface area contributed by atoms with Gasteiger partial charge in [0, 0.05) is 6.54 Å². The lowest BCUT2D eigenvalue weighted by Crippen LogP contribution is -2.36. The van der Waals surface area contributed by atoms with Gasteiger partial charge in [0.15, 0.2) is 0 Å². The lowest BCUT2D eigenvalue weighted by Gasteiger charge is -2.33. The summed E-state index contributed by atoms with van der Waals surface area (Å²) in [5.74, 6) is 2.74. The molecule has 0 bridgehead atoms. The minimum Gasteiger partial charge on any atom is -0.303 e. The van der Waals surface area contributed by atoms with Crippen molar-refractivity contribution in [2.45, 2.75) is 53.4 Å². The third-order valence-electron chi connectivity index (χ3n) is 5.75. The van der Waals surface area contributed by atoms with Crippen LogP contribution < -0.4 is 0 Å². The molecule has 2 aliphatic rings. The monoisotopic (exact) mass is 223 g/mol. The second-order valence-corrected chi connectivity index (χ2v) is 6.87. The predicted octanol–water partition coefficient (Wildman–Crippen LogP) is 3.79. The molecule has 1 nitrogen and oxygen atoms in total. The van der Waals surface area contributed by atoms with Crippen molar-refractivity contribution in [2.75, 3.05) is 19.6 Å². The molecule has 0 amide bonds. The standard InChI is InChI=1S/C15H29N/c1-12-10-14(13(2)15(12,3)4)11-16-8-6-5-7-9-16/h12-14H,5-11H2,1-4H3/t12?,13-,14?/m1/s1. The molecule has 0 aromatic carbocycles. The second kappa shape index (κ2) is 4.68. The topological polar surface area (TPSA) is 3.24 Å². The Hall–Kier alpha value is -0.0400. The Morgan fingerprint density at radius 1 is 1.06 bits per heavy atom. The van der Waals surface area contributed by atoms with E-state index in [9.17, 15) is 0 Å². The maximum absolute atomic E-state index is 2.72. The lowest BCUT2D eigenvalue weighted by molar-refractivity contribution is 0.148. The molecule has 0 aromatic rings. The zero-order valence-electron chi connectivity index (χ0n) is 11.6. The van der Waals surface area contributed by atoms with Crippen LogP contribution >= 0.6 is 0 Å². The van der Waals surface area contributed by atoms with E-state index in [4.69, 9.17) is 0 Å². The van der Waals surface area contributed by atoms with Crippen molar-refractivity contribution >= 4 is 0 Å². The van der Waals surface area contributed by atoms with E-state index in [1.807, 2.05) is 0 Å². The first-order chi connectivity index (χ1) is 7.51. The second-order valence-electron chi connectivity index (χ2n) is 6.87. The van der Waals surface area contributed by atoms with Crippen LogP contribution in [0.4, 0.5) is 0 Å². The van der Waals surface area contributed by atoms with E-state index < -0.39 is 0 Å². The van der Waals surface area contributed by atoms with Crippen LogP contribution in [-0.2, 0) is 0 Å². The molecule has 2 unspecified atom stereocenters. The van der Waals surface area contributed by atoms with Gasteiger partial charge in [0.25, 0.3) is 0 Å². The largest absolute Gasteiger partial charge is 0.303 e. The molecule has 0 spiro atoms. The Morgan fingerprint density at radius 3 is 2.19 bits per heavy atom. The van der Waals surface area contributed by atoms with Crippen molar-refractivity contribution in [3.05, 3.63) is 0 Å². The summed E-state index contributed by atoms with van der Waals surface area (Å²) in [6.07, 6.45) is 5.77. The van der Waals surface area contributed by atoms with Crippen LogP contribution in [0.5, 0.6) is 0 Å². The van der Waals surface area contributed by atoms with Crippen LogP contribution in [0.3, 0.4) is 0 Å². The minimum absolute atomic E-state index is 0.556. The molecule has 0 aromatic heterocycles. The highest BCUT2D eigenvalue weighted by molar-refractivity contribution is 4.94. The summed E-state index contributed by atoms with van der Waals surface area (Å²) in [5, 5.41) is 0. The number of likely N-dealkylation sites (tertiary alicyclic amines) is 1. The maximum Gasteiger partial charge on any atom is 0.00125 e. The van der Waals surface area contributed by atoms with Gasteiger partial charge in [0.05, 0.1) is 0 Å². The number of hydrogen-bond donors (Lipinski definition) is 0. The lowest BCUT2D eigenvalue weighted by atomic mass is 9.76. The molecular weight excluding hydrogens is 194 g/mol. The van der Waals surface area contributed by atoms with Crippen LogP contribution in [0.1, 0.15) is 53.4 Å². The highest BCUT2D eigenvalue weighted by Crippen LogP contribution is 2.50. The highest BCUT2D eigenvalue weighted by Gasteiger charge is 2.44. The van der Waals surface area contributed by atoms with Gasteiger partial charge in [0.2, 0.25) is 0 Å². The number of hydrogen-bond acceptors (Lipinski definition) is 1. The Bertz CT molecular complexity index is 228. The zero-order valence-corrected chi connectivity index (χ0v) is 11.6. The Kier molecular flexibility index (Phi) is 3.63. The van der Waals surface area contributed by atoms with Crippen LogP contribution in [0.15, 0.2) is 0 Å². The third-order valence-corrected chi connectivity index (χ3v) is 5.75. The van der Waals surface area contributed by atoms with E-state index in [0.717, 1.165) is 17.8 Å². The SMILES string of the molecule is CC1CC(CN2CCCCC2)[C@@H](C)C1(C)C. The quantitative estimate of drug-likeness (QED) is 0.688. The Morgan fingerprint density at radius 2 is 1.69 bits per heavy atom. The van der Waals surface area contributed by atoms with Gasteiger partial charge >= 0.3 is 0 Å². The predicted molar refractivity (Wildman–Crippen MR) is 70.5 cm³/mol. The summed E-state index contributed by atoms with van der Waals surface area (Å²) in [6, 6.07) is 0. The first kappa shape index (κ1) is 12.4. The van der Waals surface area contributed by atoms with Crippen molar-refractivity contribution in [2.24, 2.45) is 23.2 Å². The van der Waals surface area contributed by atoms with E-state index in [2.05, 4.69) is 32.6 Å². The number of piperidine rings is 1. The minimum atomic E-state index is 0.556. The van der Waals surface area contributed by atoms with Gasteiger partial charge in [-0.15, -0.1) is 0 Å². The van der Waals surface area contributed by atoms with E-state index in [0.29, 0.717) is 5.41 Å². The van der Waals surface area contributed by atoms with Crippen molar-refractivity contribution in [3.8, 4) is 0 Å². The normalized spacial score (nSPS) is 40.1. The fourth-order valence-electron chi connectivity index (χ4n) is 3.72. The maximum atomic E-state index is 2.72. The van der Waals surface area contributed by atoms with E-state index >= 15 is 0 Å². The average Bonchev–Trinajstić information content (AvgIpc) is 2.45. The molecule has 1 saturated heterocycles. The Labute approximate surface area is 102 Å². The molecule has 1 aliphatic carbocycles. The molecule has 2 rings (SSSR count). The summed E-state index contributed by atoms with van der Waals surface area (Å²) >= 11 is 0. The number of rotatable bonds is 2. The van der Waals surface area contributed by atoms with Gasteiger partial charge in [-0.1, -0.05) is 34.1 Å². The van der Waals surface area contributed by atoms with E-state index in [1.165, 1.54) is 45.3 Å². The Balaban J connectivity index is 1.91. The van der Waals surface area contributed by atoms with Gasteiger partial charge < -0.3 is 4.90 Å². The molecular formula is C15H29N. The highest BCUT2D eigenvalue weighted by atomic mass is 15.1. The molecule has 3 atom stereocenters. The van der Waals surface area contributed by atoms with Gasteiger partial charge in [-0.05, 0) is 55.5 Å². The van der Waals surface area contributed by atoms with Gasteiger partial charge in [-0.2, -0.15) is 0 Å². The van der Waals surface area contributed by atoms with Gasteiger partial charge in [-0.25, -0.2) is 0 Å². The third kappa shape index (κ3) is 2.30. The summed E-state index contributed by atoms with van der Waals surface area (Å²) in [5.41, 5.74) is 0.556. The fourth-order valence-corrected chi connectivity index (χ4v) is 3.72. The smallest absolute Gasteiger partial charge is 0.00125 e. The van der Waals surface area contributed by atoms with Crippen LogP contribution in [0.2, 0.25) is 0 Å². The van der Waals surface area contributed by atoms with Crippen molar-refractivity contribution in [1.82, 2.24) is 4.90 Å². The summed E-state index contributed by atoms with van der Waals surface area (Å²) in [7, 11) is 0.